The first kappa shape index (κ1) is 40.4. The van der Waals surface area contributed by atoms with Crippen molar-refractivity contribution in [3.05, 3.63) is 12.4 Å². The number of unbranched alkanes of at least 4 members (excludes halogenated alkanes) is 29. The lowest BCUT2D eigenvalue weighted by molar-refractivity contribution is 0.135. The molecular weight excluding hydrogens is 520 g/mol. The van der Waals surface area contributed by atoms with Crippen LogP contribution in [0.25, 0.3) is 0 Å². The van der Waals surface area contributed by atoms with E-state index in [1.807, 2.05) is 0 Å². The van der Waals surface area contributed by atoms with Gasteiger partial charge in [-0.15, -0.1) is 0 Å². The van der Waals surface area contributed by atoms with Gasteiger partial charge in [-0.25, -0.2) is 0 Å². The van der Waals surface area contributed by atoms with Gasteiger partial charge in [0.25, 0.3) is 0 Å². The number of hydrogen-bond acceptors (Lipinski definition) is 2. The SMILES string of the molecule is CCCCCCCCCCCCCCCCCCCN1C=CN(CCCCCCCCCCC)C1CCCCCCCC. The minimum Gasteiger partial charge on any atom is -0.356 e. The smallest absolute Gasteiger partial charge is 0.101 e. The van der Waals surface area contributed by atoms with Crippen LogP contribution < -0.4 is 0 Å². The molecule has 0 aromatic heterocycles. The average molecular weight is 603 g/mol. The van der Waals surface area contributed by atoms with Gasteiger partial charge >= 0.3 is 0 Å². The molecule has 2 nitrogen and oxygen atoms in total. The molecule has 1 rings (SSSR count). The van der Waals surface area contributed by atoms with Gasteiger partial charge in [-0.2, -0.15) is 0 Å². The molecule has 0 spiro atoms. The fourth-order valence-electron chi connectivity index (χ4n) is 7.07. The zero-order valence-corrected chi connectivity index (χ0v) is 30.4. The topological polar surface area (TPSA) is 6.48 Å². The Hall–Kier alpha value is -0.660. The van der Waals surface area contributed by atoms with Crippen LogP contribution in [-0.4, -0.2) is 29.1 Å². The summed E-state index contributed by atoms with van der Waals surface area (Å²) in [6.45, 7) is 9.48. The Kier molecular flexibility index (Phi) is 30.7. The monoisotopic (exact) mass is 603 g/mol. The maximum absolute atomic E-state index is 2.71. The van der Waals surface area contributed by atoms with E-state index in [-0.39, 0.29) is 0 Å². The van der Waals surface area contributed by atoms with E-state index in [0.717, 1.165) is 0 Å². The molecule has 0 saturated carbocycles. The van der Waals surface area contributed by atoms with Crippen LogP contribution in [0.3, 0.4) is 0 Å². The van der Waals surface area contributed by atoms with Crippen LogP contribution >= 0.6 is 0 Å². The summed E-state index contributed by atoms with van der Waals surface area (Å²) in [6, 6.07) is 0. The van der Waals surface area contributed by atoms with E-state index in [9.17, 15) is 0 Å². The molecule has 0 radical (unpaired) electrons. The van der Waals surface area contributed by atoms with E-state index < -0.39 is 0 Å². The van der Waals surface area contributed by atoms with Crippen molar-refractivity contribution in [3.63, 3.8) is 0 Å². The molecule has 0 bridgehead atoms. The molecule has 1 atom stereocenters. The third kappa shape index (κ3) is 25.2. The van der Waals surface area contributed by atoms with Crippen LogP contribution in [0.5, 0.6) is 0 Å². The summed E-state index contributed by atoms with van der Waals surface area (Å²) in [6.07, 6.45) is 52.9. The molecule has 43 heavy (non-hydrogen) atoms. The molecule has 1 aliphatic heterocycles. The van der Waals surface area contributed by atoms with Crippen molar-refractivity contribution >= 4 is 0 Å². The normalized spacial score (nSPS) is 14.9. The van der Waals surface area contributed by atoms with Crippen molar-refractivity contribution in [2.45, 2.75) is 239 Å². The highest BCUT2D eigenvalue weighted by atomic mass is 15.4. The largest absolute Gasteiger partial charge is 0.356 e. The minimum atomic E-state index is 0.640. The second-order valence-corrected chi connectivity index (χ2v) is 14.3. The van der Waals surface area contributed by atoms with E-state index in [1.165, 1.54) is 225 Å². The highest BCUT2D eigenvalue weighted by Gasteiger charge is 2.24. The molecular formula is C41H82N2. The van der Waals surface area contributed by atoms with Gasteiger partial charge in [-0.05, 0) is 25.7 Å². The Morgan fingerprint density at radius 1 is 0.302 bits per heavy atom. The molecule has 0 aromatic rings. The first-order valence-corrected chi connectivity index (χ1v) is 20.5. The lowest BCUT2D eigenvalue weighted by Crippen LogP contribution is -2.39. The second-order valence-electron chi connectivity index (χ2n) is 14.3. The van der Waals surface area contributed by atoms with Crippen molar-refractivity contribution in [2.75, 3.05) is 13.1 Å². The predicted octanol–water partition coefficient (Wildman–Crippen LogP) is 14.3. The molecule has 0 amide bonds. The van der Waals surface area contributed by atoms with Gasteiger partial charge in [0, 0.05) is 25.5 Å². The van der Waals surface area contributed by atoms with E-state index in [1.54, 1.807) is 0 Å². The lowest BCUT2D eigenvalue weighted by atomic mass is 10.0. The van der Waals surface area contributed by atoms with Crippen LogP contribution in [-0.2, 0) is 0 Å². The van der Waals surface area contributed by atoms with E-state index in [0.29, 0.717) is 6.17 Å². The quantitative estimate of drug-likeness (QED) is 0.0666. The zero-order chi connectivity index (χ0) is 30.9. The van der Waals surface area contributed by atoms with Gasteiger partial charge in [0.15, 0.2) is 0 Å². The van der Waals surface area contributed by atoms with Crippen LogP contribution in [0, 0.1) is 0 Å². The molecule has 0 aromatic carbocycles. The maximum Gasteiger partial charge on any atom is 0.101 e. The van der Waals surface area contributed by atoms with Crippen molar-refractivity contribution in [3.8, 4) is 0 Å². The van der Waals surface area contributed by atoms with Crippen molar-refractivity contribution < 1.29 is 0 Å². The molecule has 0 aliphatic carbocycles. The Morgan fingerprint density at radius 2 is 0.535 bits per heavy atom. The Labute approximate surface area is 273 Å². The van der Waals surface area contributed by atoms with Gasteiger partial charge in [0.2, 0.25) is 0 Å². The second kappa shape index (κ2) is 32.7. The fourth-order valence-corrected chi connectivity index (χ4v) is 7.07. The summed E-state index contributed by atoms with van der Waals surface area (Å²) in [4.78, 5) is 5.42. The average Bonchev–Trinajstić information content (AvgIpc) is 3.40. The van der Waals surface area contributed by atoms with Crippen molar-refractivity contribution in [1.82, 2.24) is 9.80 Å². The molecule has 1 heterocycles. The zero-order valence-electron chi connectivity index (χ0n) is 30.4. The first-order valence-electron chi connectivity index (χ1n) is 20.5. The van der Waals surface area contributed by atoms with Crippen LogP contribution in [0.2, 0.25) is 0 Å². The minimum absolute atomic E-state index is 0.640. The lowest BCUT2D eigenvalue weighted by Gasteiger charge is -2.33. The Balaban J connectivity index is 2.10. The number of nitrogens with zero attached hydrogens (tertiary/aromatic N) is 2. The highest BCUT2D eigenvalue weighted by Crippen LogP contribution is 2.24. The van der Waals surface area contributed by atoms with E-state index >= 15 is 0 Å². The van der Waals surface area contributed by atoms with Gasteiger partial charge in [-0.1, -0.05) is 207 Å². The third-order valence-electron chi connectivity index (χ3n) is 10.1. The highest BCUT2D eigenvalue weighted by molar-refractivity contribution is 4.97. The fraction of sp³-hybridized carbons (Fsp3) is 0.951. The standard InChI is InChI=1S/C41H82N2/c1-4-7-10-13-16-18-19-20-21-22-23-24-25-27-29-32-35-38-43-40-39-42(41(43)36-33-30-15-12-9-6-3)37-34-31-28-26-17-14-11-8-5-2/h39-41H,4-38H2,1-3H3. The summed E-state index contributed by atoms with van der Waals surface area (Å²) in [5.41, 5.74) is 0. The summed E-state index contributed by atoms with van der Waals surface area (Å²) >= 11 is 0. The summed E-state index contributed by atoms with van der Waals surface area (Å²) < 4.78 is 0. The maximum atomic E-state index is 2.71. The third-order valence-corrected chi connectivity index (χ3v) is 10.1. The molecule has 0 saturated heterocycles. The van der Waals surface area contributed by atoms with Crippen LogP contribution in [0.15, 0.2) is 12.4 Å². The first-order chi connectivity index (χ1) is 21.3. The van der Waals surface area contributed by atoms with Crippen molar-refractivity contribution in [1.29, 1.82) is 0 Å². The van der Waals surface area contributed by atoms with Crippen molar-refractivity contribution in [2.24, 2.45) is 0 Å². The van der Waals surface area contributed by atoms with Crippen LogP contribution in [0.1, 0.15) is 233 Å². The van der Waals surface area contributed by atoms with Gasteiger partial charge in [0.1, 0.15) is 6.17 Å². The predicted molar refractivity (Wildman–Crippen MR) is 196 cm³/mol. The van der Waals surface area contributed by atoms with Gasteiger partial charge in [-0.3, -0.25) is 0 Å². The molecule has 1 unspecified atom stereocenters. The summed E-state index contributed by atoms with van der Waals surface area (Å²) in [7, 11) is 0. The molecule has 0 N–H and O–H groups in total. The van der Waals surface area contributed by atoms with Gasteiger partial charge < -0.3 is 9.80 Å². The Bertz CT molecular complexity index is 558. The number of hydrogen-bond donors (Lipinski definition) is 0. The van der Waals surface area contributed by atoms with E-state index in [2.05, 4.69) is 43.0 Å². The molecule has 2 heteroatoms. The molecule has 0 fully saturated rings. The molecule has 1 aliphatic rings. The molecule has 256 valence electrons. The summed E-state index contributed by atoms with van der Waals surface area (Å²) in [5, 5.41) is 0. The summed E-state index contributed by atoms with van der Waals surface area (Å²) in [5.74, 6) is 0. The Morgan fingerprint density at radius 3 is 0.814 bits per heavy atom. The van der Waals surface area contributed by atoms with Gasteiger partial charge in [0.05, 0.1) is 0 Å². The number of rotatable bonds is 35. The van der Waals surface area contributed by atoms with Crippen LogP contribution in [0.4, 0.5) is 0 Å². The van der Waals surface area contributed by atoms with E-state index in [4.69, 9.17) is 0 Å².